The van der Waals surface area contributed by atoms with E-state index in [4.69, 9.17) is 4.74 Å². The Morgan fingerprint density at radius 3 is 2.43 bits per heavy atom. The van der Waals surface area contributed by atoms with Crippen molar-refractivity contribution in [3.63, 3.8) is 0 Å². The van der Waals surface area contributed by atoms with Crippen molar-refractivity contribution in [3.8, 4) is 5.75 Å². The molecule has 0 amide bonds. The van der Waals surface area contributed by atoms with Crippen LogP contribution in [0.5, 0.6) is 5.75 Å². The van der Waals surface area contributed by atoms with Crippen LogP contribution >= 0.6 is 11.8 Å². The summed E-state index contributed by atoms with van der Waals surface area (Å²) >= 11 is 2.06. The summed E-state index contributed by atoms with van der Waals surface area (Å²) < 4.78 is 5.65. The Kier molecular flexibility index (Phi) is 10.4. The molecule has 0 radical (unpaired) electrons. The monoisotopic (exact) mass is 309 g/mol. The fourth-order valence-corrected chi connectivity index (χ4v) is 3.31. The maximum Gasteiger partial charge on any atom is 0.119 e. The molecule has 3 heteroatoms. The van der Waals surface area contributed by atoms with Gasteiger partial charge in [0, 0.05) is 11.8 Å². The fraction of sp³-hybridized carbons (Fsp3) is 0.667. The second-order valence-corrected chi connectivity index (χ2v) is 6.46. The number of nitrogens with one attached hydrogen (secondary N) is 1. The molecule has 0 fully saturated rings. The molecule has 1 rings (SSSR count). The zero-order valence-electron chi connectivity index (χ0n) is 13.9. The number of hydrogen-bond acceptors (Lipinski definition) is 3. The van der Waals surface area contributed by atoms with Gasteiger partial charge in [-0.2, -0.15) is 11.8 Å². The molecule has 0 heterocycles. The summed E-state index contributed by atoms with van der Waals surface area (Å²) in [6.45, 7) is 8.37. The lowest BCUT2D eigenvalue weighted by molar-refractivity contribution is 0.317. The predicted molar refractivity (Wildman–Crippen MR) is 95.5 cm³/mol. The highest BCUT2D eigenvalue weighted by Crippen LogP contribution is 2.22. The first-order valence-corrected chi connectivity index (χ1v) is 9.51. The van der Waals surface area contributed by atoms with Gasteiger partial charge in [-0.25, -0.2) is 0 Å². The summed E-state index contributed by atoms with van der Waals surface area (Å²) in [7, 11) is 0. The maximum atomic E-state index is 5.65. The van der Waals surface area contributed by atoms with Crippen molar-refractivity contribution < 1.29 is 4.74 Å². The quantitative estimate of drug-likeness (QED) is 0.546. The van der Waals surface area contributed by atoms with Gasteiger partial charge in [0.2, 0.25) is 0 Å². The van der Waals surface area contributed by atoms with Crippen LogP contribution in [0.2, 0.25) is 0 Å². The van der Waals surface area contributed by atoms with Crippen LogP contribution in [0, 0.1) is 0 Å². The van der Waals surface area contributed by atoms with Crippen LogP contribution in [0.3, 0.4) is 0 Å². The molecule has 1 atom stereocenters. The summed E-state index contributed by atoms with van der Waals surface area (Å²) in [4.78, 5) is 0. The van der Waals surface area contributed by atoms with Gasteiger partial charge in [-0.1, -0.05) is 45.7 Å². The van der Waals surface area contributed by atoms with Crippen molar-refractivity contribution in [1.29, 1.82) is 0 Å². The van der Waals surface area contributed by atoms with Crippen LogP contribution in [0.1, 0.15) is 58.1 Å². The lowest BCUT2D eigenvalue weighted by Crippen LogP contribution is -2.23. The van der Waals surface area contributed by atoms with Crippen LogP contribution < -0.4 is 10.1 Å². The van der Waals surface area contributed by atoms with Crippen molar-refractivity contribution >= 4 is 11.8 Å². The molecule has 0 aliphatic heterocycles. The molecule has 0 spiro atoms. The van der Waals surface area contributed by atoms with Gasteiger partial charge in [0.05, 0.1) is 6.61 Å². The van der Waals surface area contributed by atoms with E-state index in [-0.39, 0.29) is 0 Å². The van der Waals surface area contributed by atoms with Crippen LogP contribution in [0.15, 0.2) is 24.3 Å². The molecule has 0 saturated heterocycles. The zero-order chi connectivity index (χ0) is 15.3. The Bertz CT molecular complexity index is 353. The topological polar surface area (TPSA) is 21.3 Å². The Balaban J connectivity index is 2.46. The minimum atomic E-state index is 0.446. The van der Waals surface area contributed by atoms with E-state index in [1.54, 1.807) is 0 Å². The van der Waals surface area contributed by atoms with E-state index in [9.17, 15) is 0 Å². The normalized spacial score (nSPS) is 12.3. The third-order valence-corrected chi connectivity index (χ3v) is 4.53. The Hall–Kier alpha value is -0.670. The van der Waals surface area contributed by atoms with E-state index in [1.165, 1.54) is 30.6 Å². The molecule has 0 aliphatic carbocycles. The molecule has 0 saturated carbocycles. The number of unbranched alkanes of at least 4 members (excludes halogenated alkanes) is 2. The first-order valence-electron chi connectivity index (χ1n) is 8.35. The smallest absolute Gasteiger partial charge is 0.119 e. The van der Waals surface area contributed by atoms with E-state index in [2.05, 4.69) is 62.1 Å². The second kappa shape index (κ2) is 11.9. The van der Waals surface area contributed by atoms with Gasteiger partial charge >= 0.3 is 0 Å². The van der Waals surface area contributed by atoms with Gasteiger partial charge < -0.3 is 10.1 Å². The molecule has 2 nitrogen and oxygen atoms in total. The van der Waals surface area contributed by atoms with Crippen molar-refractivity contribution in [2.75, 3.05) is 24.7 Å². The Labute approximate surface area is 135 Å². The van der Waals surface area contributed by atoms with E-state index in [1.807, 2.05) is 0 Å². The minimum absolute atomic E-state index is 0.446. The van der Waals surface area contributed by atoms with E-state index in [0.717, 1.165) is 31.1 Å². The van der Waals surface area contributed by atoms with E-state index < -0.39 is 0 Å². The average molecular weight is 310 g/mol. The SMILES string of the molecule is CCCCCSCC(NCC)c1ccc(OCCC)cc1. The lowest BCUT2D eigenvalue weighted by Gasteiger charge is -2.18. The molecule has 21 heavy (non-hydrogen) atoms. The number of hydrogen-bond donors (Lipinski definition) is 1. The Morgan fingerprint density at radius 2 is 1.81 bits per heavy atom. The van der Waals surface area contributed by atoms with Crippen LogP contribution in [-0.4, -0.2) is 24.7 Å². The molecule has 0 bridgehead atoms. The molecule has 0 aliphatic rings. The maximum absolute atomic E-state index is 5.65. The van der Waals surface area contributed by atoms with E-state index >= 15 is 0 Å². The van der Waals surface area contributed by atoms with Gasteiger partial charge in [-0.15, -0.1) is 0 Å². The molecule has 1 aromatic carbocycles. The number of rotatable bonds is 12. The third kappa shape index (κ3) is 7.77. The highest BCUT2D eigenvalue weighted by Gasteiger charge is 2.10. The van der Waals surface area contributed by atoms with Crippen molar-refractivity contribution in [1.82, 2.24) is 5.32 Å². The summed E-state index contributed by atoms with van der Waals surface area (Å²) in [5.74, 6) is 3.40. The van der Waals surface area contributed by atoms with Crippen molar-refractivity contribution in [2.24, 2.45) is 0 Å². The minimum Gasteiger partial charge on any atom is -0.494 e. The summed E-state index contributed by atoms with van der Waals surface area (Å²) in [6.07, 6.45) is 5.04. The molecule has 1 unspecified atom stereocenters. The van der Waals surface area contributed by atoms with Crippen molar-refractivity contribution in [2.45, 2.75) is 52.5 Å². The molecule has 0 aromatic heterocycles. The Morgan fingerprint density at radius 1 is 1.05 bits per heavy atom. The standard InChI is InChI=1S/C18H31NOS/c1-4-7-8-14-21-15-18(19-6-3)16-9-11-17(12-10-16)20-13-5-2/h9-12,18-19H,4-8,13-15H2,1-3H3. The largest absolute Gasteiger partial charge is 0.494 e. The van der Waals surface area contributed by atoms with E-state index in [0.29, 0.717) is 6.04 Å². The zero-order valence-corrected chi connectivity index (χ0v) is 14.7. The van der Waals surface area contributed by atoms with Gasteiger partial charge in [-0.3, -0.25) is 0 Å². The highest BCUT2D eigenvalue weighted by molar-refractivity contribution is 7.99. The fourth-order valence-electron chi connectivity index (χ4n) is 2.19. The van der Waals surface area contributed by atoms with Crippen LogP contribution in [-0.2, 0) is 0 Å². The molecular weight excluding hydrogens is 278 g/mol. The van der Waals surface area contributed by atoms with Crippen LogP contribution in [0.4, 0.5) is 0 Å². The molecule has 120 valence electrons. The van der Waals surface area contributed by atoms with Gasteiger partial charge in [0.25, 0.3) is 0 Å². The number of benzene rings is 1. The first-order chi connectivity index (χ1) is 10.3. The molecule has 1 aromatic rings. The summed E-state index contributed by atoms with van der Waals surface area (Å²) in [5.41, 5.74) is 1.36. The predicted octanol–water partition coefficient (Wildman–Crippen LogP) is 5.05. The van der Waals surface area contributed by atoms with Gasteiger partial charge in [0.1, 0.15) is 5.75 Å². The average Bonchev–Trinajstić information content (AvgIpc) is 2.52. The van der Waals surface area contributed by atoms with Gasteiger partial charge in [-0.05, 0) is 42.8 Å². The number of thioether (sulfide) groups is 1. The lowest BCUT2D eigenvalue weighted by atomic mass is 10.1. The number of ether oxygens (including phenoxy) is 1. The summed E-state index contributed by atoms with van der Waals surface area (Å²) in [5, 5.41) is 3.59. The summed E-state index contributed by atoms with van der Waals surface area (Å²) in [6, 6.07) is 9.03. The first kappa shape index (κ1) is 18.4. The third-order valence-electron chi connectivity index (χ3n) is 3.38. The van der Waals surface area contributed by atoms with Crippen LogP contribution in [0.25, 0.3) is 0 Å². The molecule has 1 N–H and O–H groups in total. The molecular formula is C18H31NOS. The van der Waals surface area contributed by atoms with Crippen molar-refractivity contribution in [3.05, 3.63) is 29.8 Å². The van der Waals surface area contributed by atoms with Gasteiger partial charge in [0.15, 0.2) is 0 Å². The highest BCUT2D eigenvalue weighted by atomic mass is 32.2. The second-order valence-electron chi connectivity index (χ2n) is 5.31.